The molecule has 0 amide bonds. The summed E-state index contributed by atoms with van der Waals surface area (Å²) in [6.45, 7) is 1.78. The van der Waals surface area contributed by atoms with Gasteiger partial charge in [0.2, 0.25) is 0 Å². The normalized spacial score (nSPS) is 9.92. The van der Waals surface area contributed by atoms with E-state index in [1.54, 1.807) is 6.92 Å². The minimum absolute atomic E-state index is 0.0807. The lowest BCUT2D eigenvalue weighted by atomic mass is 10.2. The third-order valence-corrected chi connectivity index (χ3v) is 2.98. The van der Waals surface area contributed by atoms with Crippen molar-refractivity contribution in [2.24, 2.45) is 0 Å². The fraction of sp³-hybridized carbons (Fsp3) is 0.143. The van der Waals surface area contributed by atoms with E-state index in [0.717, 1.165) is 10.5 Å². The predicted octanol–water partition coefficient (Wildman–Crippen LogP) is 2.95. The molecule has 0 aliphatic carbocycles. The Morgan fingerprint density at radius 1 is 1.58 bits per heavy atom. The minimum Gasteiger partial charge on any atom is -0.258 e. The molecule has 0 aliphatic rings. The van der Waals surface area contributed by atoms with Gasteiger partial charge in [-0.2, -0.15) is 0 Å². The molecule has 0 aliphatic heterocycles. The summed E-state index contributed by atoms with van der Waals surface area (Å²) in [5.41, 5.74) is 0.872. The van der Waals surface area contributed by atoms with Crippen molar-refractivity contribution in [2.45, 2.75) is 11.8 Å². The first-order valence-electron chi connectivity index (χ1n) is 3.16. The van der Waals surface area contributed by atoms with Crippen molar-refractivity contribution in [1.29, 1.82) is 0 Å². The van der Waals surface area contributed by atoms with Crippen LogP contribution in [0, 0.1) is 17.0 Å². The molecular formula is C7H6BrNO2S. The lowest BCUT2D eigenvalue weighted by Gasteiger charge is -2.00. The Balaban J connectivity index is 3.31. The van der Waals surface area contributed by atoms with Crippen LogP contribution in [0.25, 0.3) is 0 Å². The van der Waals surface area contributed by atoms with E-state index in [9.17, 15) is 10.1 Å². The Labute approximate surface area is 83.5 Å². The maximum atomic E-state index is 10.4. The van der Waals surface area contributed by atoms with Crippen molar-refractivity contribution in [3.05, 3.63) is 32.3 Å². The van der Waals surface area contributed by atoms with Crippen LogP contribution in [-0.4, -0.2) is 4.92 Å². The maximum absolute atomic E-state index is 10.4. The summed E-state index contributed by atoms with van der Waals surface area (Å²) in [5, 5.41) is 10.4. The molecule has 0 heterocycles. The summed E-state index contributed by atoms with van der Waals surface area (Å²) >= 11 is 7.34. The van der Waals surface area contributed by atoms with Crippen LogP contribution >= 0.6 is 28.6 Å². The van der Waals surface area contributed by atoms with E-state index in [2.05, 4.69) is 28.6 Å². The van der Waals surface area contributed by atoms with Gasteiger partial charge in [0.25, 0.3) is 5.69 Å². The van der Waals surface area contributed by atoms with Crippen LogP contribution in [0.3, 0.4) is 0 Å². The molecule has 0 fully saturated rings. The van der Waals surface area contributed by atoms with Crippen LogP contribution in [0.2, 0.25) is 0 Å². The van der Waals surface area contributed by atoms with Crippen molar-refractivity contribution in [3.63, 3.8) is 0 Å². The molecule has 0 radical (unpaired) electrons. The van der Waals surface area contributed by atoms with Gasteiger partial charge in [0.1, 0.15) is 0 Å². The molecule has 0 aromatic heterocycles. The van der Waals surface area contributed by atoms with E-state index in [1.165, 1.54) is 12.1 Å². The first-order chi connectivity index (χ1) is 5.52. The van der Waals surface area contributed by atoms with Gasteiger partial charge in [0.15, 0.2) is 0 Å². The molecule has 1 aromatic rings. The van der Waals surface area contributed by atoms with Crippen LogP contribution < -0.4 is 0 Å². The third-order valence-electron chi connectivity index (χ3n) is 1.45. The molecule has 0 saturated heterocycles. The van der Waals surface area contributed by atoms with Gasteiger partial charge in [-0.15, -0.1) is 12.6 Å². The smallest absolute Gasteiger partial charge is 0.258 e. The number of nitro benzene ring substituents is 1. The van der Waals surface area contributed by atoms with E-state index >= 15 is 0 Å². The van der Waals surface area contributed by atoms with E-state index in [-0.39, 0.29) is 5.69 Å². The van der Waals surface area contributed by atoms with Gasteiger partial charge in [-0.3, -0.25) is 10.1 Å². The number of benzene rings is 1. The molecule has 0 bridgehead atoms. The number of thiol groups is 1. The van der Waals surface area contributed by atoms with Gasteiger partial charge in [-0.05, 0) is 28.4 Å². The molecule has 0 N–H and O–H groups in total. The first-order valence-corrected chi connectivity index (χ1v) is 4.40. The maximum Gasteiger partial charge on any atom is 0.270 e. The molecule has 0 saturated carbocycles. The van der Waals surface area contributed by atoms with Crippen molar-refractivity contribution < 1.29 is 4.92 Å². The monoisotopic (exact) mass is 247 g/mol. The predicted molar refractivity (Wildman–Crippen MR) is 52.8 cm³/mol. The van der Waals surface area contributed by atoms with E-state index < -0.39 is 4.92 Å². The van der Waals surface area contributed by atoms with Crippen LogP contribution in [0.5, 0.6) is 0 Å². The van der Waals surface area contributed by atoms with Crippen LogP contribution in [0.15, 0.2) is 21.5 Å². The fourth-order valence-electron chi connectivity index (χ4n) is 0.824. The average Bonchev–Trinajstić information content (AvgIpc) is 1.99. The number of halogens is 1. The summed E-state index contributed by atoms with van der Waals surface area (Å²) in [6.07, 6.45) is 0. The Kier molecular flexibility index (Phi) is 2.74. The SMILES string of the molecule is Cc1cc([N+](=O)[O-])cc(Br)c1S. The Hall–Kier alpha value is -0.550. The van der Waals surface area contributed by atoms with Crippen molar-refractivity contribution in [3.8, 4) is 0 Å². The number of hydrogen-bond donors (Lipinski definition) is 1. The molecule has 1 aromatic carbocycles. The molecule has 5 heteroatoms. The van der Waals surface area contributed by atoms with E-state index in [1.807, 2.05) is 0 Å². The second-order valence-corrected chi connectivity index (χ2v) is 3.65. The highest BCUT2D eigenvalue weighted by Crippen LogP contribution is 2.28. The fourth-order valence-corrected chi connectivity index (χ4v) is 1.50. The Bertz CT molecular complexity index is 317. The van der Waals surface area contributed by atoms with Crippen LogP contribution in [-0.2, 0) is 0 Å². The Morgan fingerprint density at radius 2 is 2.17 bits per heavy atom. The van der Waals surface area contributed by atoms with E-state index in [0.29, 0.717) is 4.47 Å². The number of rotatable bonds is 1. The standard InChI is InChI=1S/C7H6BrNO2S/c1-4-2-5(9(10)11)3-6(8)7(4)12/h2-3,12H,1H3. The molecule has 12 heavy (non-hydrogen) atoms. The molecule has 0 spiro atoms. The summed E-state index contributed by atoms with van der Waals surface area (Å²) in [4.78, 5) is 10.7. The average molecular weight is 248 g/mol. The van der Waals surface area contributed by atoms with Crippen LogP contribution in [0.1, 0.15) is 5.56 Å². The third kappa shape index (κ3) is 1.78. The van der Waals surface area contributed by atoms with Crippen molar-refractivity contribution in [2.75, 3.05) is 0 Å². The summed E-state index contributed by atoms with van der Waals surface area (Å²) < 4.78 is 0.650. The first kappa shape index (κ1) is 9.54. The quantitative estimate of drug-likeness (QED) is 0.471. The lowest BCUT2D eigenvalue weighted by Crippen LogP contribution is -1.89. The highest BCUT2D eigenvalue weighted by atomic mass is 79.9. The molecule has 3 nitrogen and oxygen atoms in total. The number of nitro groups is 1. The van der Waals surface area contributed by atoms with Gasteiger partial charge in [-0.25, -0.2) is 0 Å². The molecule has 1 rings (SSSR count). The van der Waals surface area contributed by atoms with Gasteiger partial charge in [0.05, 0.1) is 4.92 Å². The topological polar surface area (TPSA) is 43.1 Å². The number of non-ortho nitro benzene ring substituents is 1. The van der Waals surface area contributed by atoms with Crippen molar-refractivity contribution >= 4 is 34.2 Å². The summed E-state index contributed by atoms with van der Waals surface area (Å²) in [7, 11) is 0. The highest BCUT2D eigenvalue weighted by Gasteiger charge is 2.09. The van der Waals surface area contributed by atoms with Crippen LogP contribution in [0.4, 0.5) is 5.69 Å². The minimum atomic E-state index is -0.426. The molecule has 64 valence electrons. The van der Waals surface area contributed by atoms with Crippen molar-refractivity contribution in [1.82, 2.24) is 0 Å². The van der Waals surface area contributed by atoms with Gasteiger partial charge >= 0.3 is 0 Å². The summed E-state index contributed by atoms with van der Waals surface area (Å²) in [5.74, 6) is 0. The second-order valence-electron chi connectivity index (χ2n) is 2.35. The molecular weight excluding hydrogens is 242 g/mol. The highest BCUT2D eigenvalue weighted by molar-refractivity contribution is 9.10. The summed E-state index contributed by atoms with van der Waals surface area (Å²) in [6, 6.07) is 2.93. The zero-order valence-corrected chi connectivity index (χ0v) is 8.72. The second kappa shape index (κ2) is 3.45. The van der Waals surface area contributed by atoms with Gasteiger partial charge in [-0.1, -0.05) is 0 Å². The van der Waals surface area contributed by atoms with Gasteiger partial charge in [0, 0.05) is 21.5 Å². The number of hydrogen-bond acceptors (Lipinski definition) is 3. The van der Waals surface area contributed by atoms with E-state index in [4.69, 9.17) is 0 Å². The molecule has 0 atom stereocenters. The Morgan fingerprint density at radius 3 is 2.58 bits per heavy atom. The molecule has 0 unspecified atom stereocenters. The zero-order valence-electron chi connectivity index (χ0n) is 6.24. The largest absolute Gasteiger partial charge is 0.270 e. The zero-order chi connectivity index (χ0) is 9.30. The lowest BCUT2D eigenvalue weighted by molar-refractivity contribution is -0.385. The van der Waals surface area contributed by atoms with Gasteiger partial charge < -0.3 is 0 Å². The number of aryl methyl sites for hydroxylation is 1. The number of nitrogens with zero attached hydrogens (tertiary/aromatic N) is 1.